The predicted molar refractivity (Wildman–Crippen MR) is 77.9 cm³/mol. The van der Waals surface area contributed by atoms with Gasteiger partial charge in [0.2, 0.25) is 10.0 Å². The van der Waals surface area contributed by atoms with E-state index in [0.29, 0.717) is 22.3 Å². The molecule has 2 aromatic heterocycles. The van der Waals surface area contributed by atoms with Gasteiger partial charge in [-0.15, -0.1) is 11.3 Å². The van der Waals surface area contributed by atoms with Gasteiger partial charge in [-0.1, -0.05) is 0 Å². The molecule has 0 amide bonds. The number of hydrogen-bond acceptors (Lipinski definition) is 6. The second kappa shape index (κ2) is 6.40. The van der Waals surface area contributed by atoms with Crippen LogP contribution in [0.5, 0.6) is 0 Å². The first kappa shape index (κ1) is 15.0. The summed E-state index contributed by atoms with van der Waals surface area (Å²) in [6.07, 6.45) is 1.61. The van der Waals surface area contributed by atoms with E-state index in [1.807, 2.05) is 13.1 Å². The summed E-state index contributed by atoms with van der Waals surface area (Å²) in [6.45, 7) is 2.58. The van der Waals surface area contributed by atoms with Crippen LogP contribution >= 0.6 is 11.3 Å². The van der Waals surface area contributed by atoms with Crippen LogP contribution in [-0.2, 0) is 23.1 Å². The average Bonchev–Trinajstić information content (AvgIpc) is 2.87. The summed E-state index contributed by atoms with van der Waals surface area (Å²) >= 11 is 1.26. The van der Waals surface area contributed by atoms with Crippen molar-refractivity contribution in [2.24, 2.45) is 0 Å². The summed E-state index contributed by atoms with van der Waals surface area (Å²) in [5.74, 6) is 0.620. The summed E-state index contributed by atoms with van der Waals surface area (Å²) in [5, 5.41) is 2.99. The second-order valence-corrected chi connectivity index (χ2v) is 7.33. The van der Waals surface area contributed by atoms with Crippen LogP contribution in [0.3, 0.4) is 0 Å². The van der Waals surface area contributed by atoms with Gasteiger partial charge in [0.25, 0.3) is 0 Å². The van der Waals surface area contributed by atoms with Crippen LogP contribution in [0.25, 0.3) is 0 Å². The fraction of sp³-hybridized carbons (Fsp3) is 0.333. The number of hydrogen-bond donors (Lipinski definition) is 2. The lowest BCUT2D eigenvalue weighted by Gasteiger charge is -2.04. The third-order valence-corrected chi connectivity index (χ3v) is 5.51. The maximum atomic E-state index is 12.1. The Morgan fingerprint density at radius 3 is 2.75 bits per heavy atom. The minimum absolute atomic E-state index is 0.158. The van der Waals surface area contributed by atoms with Crippen molar-refractivity contribution in [3.8, 4) is 0 Å². The van der Waals surface area contributed by atoms with Crippen molar-refractivity contribution in [2.75, 3.05) is 7.05 Å². The number of aryl methyl sites for hydroxylation is 1. The van der Waals surface area contributed by atoms with E-state index in [2.05, 4.69) is 20.0 Å². The molecule has 0 unspecified atom stereocenters. The topological polar surface area (TPSA) is 84.0 Å². The third-order valence-electron chi connectivity index (χ3n) is 2.53. The van der Waals surface area contributed by atoms with Gasteiger partial charge in [0.1, 0.15) is 10.0 Å². The zero-order chi connectivity index (χ0) is 14.6. The van der Waals surface area contributed by atoms with Crippen molar-refractivity contribution in [1.82, 2.24) is 20.0 Å². The summed E-state index contributed by atoms with van der Waals surface area (Å²) in [7, 11) is -1.67. The number of rotatable bonds is 6. The standard InChI is InChI=1S/C12H16N4O2S2/c1-9-14-6-5-10(16-9)7-15-20(17,18)12-4-3-11(19-12)8-13-2/h3-6,13,15H,7-8H2,1-2H3. The SMILES string of the molecule is CNCc1ccc(S(=O)(=O)NCc2ccnc(C)n2)s1. The van der Waals surface area contributed by atoms with E-state index in [9.17, 15) is 8.42 Å². The Hall–Kier alpha value is -1.35. The first-order chi connectivity index (χ1) is 9.51. The van der Waals surface area contributed by atoms with Gasteiger partial charge in [-0.2, -0.15) is 0 Å². The van der Waals surface area contributed by atoms with E-state index >= 15 is 0 Å². The predicted octanol–water partition coefficient (Wildman–Crippen LogP) is 1.04. The maximum Gasteiger partial charge on any atom is 0.250 e. The minimum atomic E-state index is -3.49. The van der Waals surface area contributed by atoms with E-state index in [1.54, 1.807) is 25.3 Å². The lowest BCUT2D eigenvalue weighted by molar-refractivity contribution is 0.582. The molecule has 108 valence electrons. The molecule has 0 saturated heterocycles. The summed E-state index contributed by atoms with van der Waals surface area (Å²) in [6, 6.07) is 5.12. The lowest BCUT2D eigenvalue weighted by Crippen LogP contribution is -2.23. The molecule has 0 spiro atoms. The molecule has 0 aliphatic rings. The lowest BCUT2D eigenvalue weighted by atomic mass is 10.4. The molecule has 0 saturated carbocycles. The number of thiophene rings is 1. The van der Waals surface area contributed by atoms with Gasteiger partial charge in [0.05, 0.1) is 12.2 Å². The van der Waals surface area contributed by atoms with Gasteiger partial charge in [-0.25, -0.2) is 23.1 Å². The fourth-order valence-electron chi connectivity index (χ4n) is 1.62. The second-order valence-electron chi connectivity index (χ2n) is 4.17. The van der Waals surface area contributed by atoms with E-state index in [-0.39, 0.29) is 6.54 Å². The molecule has 2 aromatic rings. The van der Waals surface area contributed by atoms with Crippen LogP contribution < -0.4 is 10.0 Å². The normalized spacial score (nSPS) is 11.7. The summed E-state index contributed by atoms with van der Waals surface area (Å²) in [5.41, 5.74) is 0.646. The first-order valence-corrected chi connectivity index (χ1v) is 8.33. The molecule has 2 N–H and O–H groups in total. The molecule has 0 aromatic carbocycles. The van der Waals surface area contributed by atoms with Crippen molar-refractivity contribution in [1.29, 1.82) is 0 Å². The Labute approximate surface area is 122 Å². The molecule has 0 aliphatic heterocycles. The van der Waals surface area contributed by atoms with Gasteiger partial charge in [0, 0.05) is 17.6 Å². The van der Waals surface area contributed by atoms with Crippen LogP contribution in [0.4, 0.5) is 0 Å². The molecule has 0 fully saturated rings. The van der Waals surface area contributed by atoms with Crippen LogP contribution in [0.1, 0.15) is 16.4 Å². The average molecular weight is 312 g/mol. The van der Waals surface area contributed by atoms with Crippen molar-refractivity contribution >= 4 is 21.4 Å². The molecule has 6 nitrogen and oxygen atoms in total. The van der Waals surface area contributed by atoms with E-state index in [1.165, 1.54) is 11.3 Å². The highest BCUT2D eigenvalue weighted by Gasteiger charge is 2.16. The number of nitrogens with one attached hydrogen (secondary N) is 2. The van der Waals surface area contributed by atoms with Gasteiger partial charge >= 0.3 is 0 Å². The molecule has 8 heteroatoms. The Bertz CT molecular complexity index is 682. The van der Waals surface area contributed by atoms with Crippen LogP contribution in [0.2, 0.25) is 0 Å². The Morgan fingerprint density at radius 2 is 2.05 bits per heavy atom. The number of aromatic nitrogens is 2. The maximum absolute atomic E-state index is 12.1. The van der Waals surface area contributed by atoms with E-state index in [4.69, 9.17) is 0 Å². The van der Waals surface area contributed by atoms with Gasteiger partial charge in [0.15, 0.2) is 0 Å². The molecule has 0 aliphatic carbocycles. The number of sulfonamides is 1. The molecule has 2 rings (SSSR count). The van der Waals surface area contributed by atoms with Crippen LogP contribution in [0.15, 0.2) is 28.6 Å². The molecule has 0 bridgehead atoms. The molecular weight excluding hydrogens is 296 g/mol. The first-order valence-electron chi connectivity index (χ1n) is 6.03. The Morgan fingerprint density at radius 1 is 1.25 bits per heavy atom. The smallest absolute Gasteiger partial charge is 0.250 e. The zero-order valence-electron chi connectivity index (χ0n) is 11.3. The molecule has 0 radical (unpaired) electrons. The highest BCUT2D eigenvalue weighted by Crippen LogP contribution is 2.21. The van der Waals surface area contributed by atoms with Gasteiger partial charge in [-0.05, 0) is 32.2 Å². The fourth-order valence-corrected chi connectivity index (χ4v) is 4.03. The monoisotopic (exact) mass is 312 g/mol. The molecule has 2 heterocycles. The van der Waals surface area contributed by atoms with Gasteiger partial charge in [-0.3, -0.25) is 0 Å². The van der Waals surface area contributed by atoms with Gasteiger partial charge < -0.3 is 5.32 Å². The summed E-state index contributed by atoms with van der Waals surface area (Å²) in [4.78, 5) is 9.11. The molecular formula is C12H16N4O2S2. The third kappa shape index (κ3) is 3.83. The zero-order valence-corrected chi connectivity index (χ0v) is 12.9. The van der Waals surface area contributed by atoms with E-state index < -0.39 is 10.0 Å². The Balaban J connectivity index is 2.06. The highest BCUT2D eigenvalue weighted by atomic mass is 32.2. The van der Waals surface area contributed by atoms with Crippen molar-refractivity contribution in [2.45, 2.75) is 24.2 Å². The largest absolute Gasteiger partial charge is 0.315 e. The van der Waals surface area contributed by atoms with Crippen LogP contribution in [0, 0.1) is 6.92 Å². The molecule has 0 atom stereocenters. The van der Waals surface area contributed by atoms with Crippen molar-refractivity contribution in [3.63, 3.8) is 0 Å². The van der Waals surface area contributed by atoms with E-state index in [0.717, 1.165) is 4.88 Å². The van der Waals surface area contributed by atoms with Crippen molar-refractivity contribution in [3.05, 3.63) is 40.8 Å². The summed E-state index contributed by atoms with van der Waals surface area (Å²) < 4.78 is 27.1. The molecule has 20 heavy (non-hydrogen) atoms. The number of nitrogens with zero attached hydrogens (tertiary/aromatic N) is 2. The quantitative estimate of drug-likeness (QED) is 0.833. The highest BCUT2D eigenvalue weighted by molar-refractivity contribution is 7.91. The minimum Gasteiger partial charge on any atom is -0.315 e. The van der Waals surface area contributed by atoms with Crippen LogP contribution in [-0.4, -0.2) is 25.4 Å². The Kier molecular flexibility index (Phi) is 4.81. The van der Waals surface area contributed by atoms with Crippen molar-refractivity contribution < 1.29 is 8.42 Å².